The molecule has 1 aliphatic heterocycles. The van der Waals surface area contributed by atoms with E-state index in [1.807, 2.05) is 19.1 Å². The maximum atomic E-state index is 12.6. The minimum atomic E-state index is -0.0546. The Balaban J connectivity index is 0.00000169. The van der Waals surface area contributed by atoms with Crippen LogP contribution >= 0.6 is 36.6 Å². The fraction of sp³-hybridized carbons (Fsp3) is 0.471. The molecule has 1 saturated heterocycles. The zero-order valence-corrected chi connectivity index (χ0v) is 17.2. The Bertz CT molecular complexity index is 714. The fourth-order valence-corrected chi connectivity index (χ4v) is 3.71. The molecule has 2 unspecified atom stereocenters. The molecule has 0 saturated carbocycles. The number of thioether (sulfide) groups is 1. The van der Waals surface area contributed by atoms with E-state index in [9.17, 15) is 4.79 Å². The number of aromatic nitrogens is 2. The van der Waals surface area contributed by atoms with Crippen LogP contribution in [0.1, 0.15) is 41.6 Å². The van der Waals surface area contributed by atoms with Gasteiger partial charge in [0.1, 0.15) is 10.8 Å². The van der Waals surface area contributed by atoms with Gasteiger partial charge in [-0.3, -0.25) is 4.79 Å². The summed E-state index contributed by atoms with van der Waals surface area (Å²) in [5.41, 5.74) is 1.47. The normalized spacial score (nSPS) is 19.2. The third-order valence-electron chi connectivity index (χ3n) is 4.01. The molecular weight excluding hydrogens is 395 g/mol. The molecule has 0 bridgehead atoms. The fourth-order valence-electron chi connectivity index (χ4n) is 2.83. The zero-order valence-electron chi connectivity index (χ0n) is 14.7. The lowest BCUT2D eigenvalue weighted by atomic mass is 10.0. The SMILES string of the molecule is Cc1cc(CSc2ncccc2C(=O)NC2CCNC(C)C2)no1.Cl.Cl. The van der Waals surface area contributed by atoms with E-state index in [0.717, 1.165) is 35.9 Å². The molecule has 9 heteroatoms. The third-order valence-corrected chi connectivity index (χ3v) is 5.05. The molecule has 0 radical (unpaired) electrons. The minimum Gasteiger partial charge on any atom is -0.361 e. The van der Waals surface area contributed by atoms with Crippen LogP contribution in [0.2, 0.25) is 0 Å². The number of piperidine rings is 1. The summed E-state index contributed by atoms with van der Waals surface area (Å²) >= 11 is 1.50. The van der Waals surface area contributed by atoms with Gasteiger partial charge in [0, 0.05) is 30.1 Å². The minimum absolute atomic E-state index is 0. The summed E-state index contributed by atoms with van der Waals surface area (Å²) in [6.07, 6.45) is 3.61. The lowest BCUT2D eigenvalue weighted by molar-refractivity contribution is 0.0922. The number of rotatable bonds is 5. The van der Waals surface area contributed by atoms with Crippen molar-refractivity contribution >= 4 is 42.5 Å². The van der Waals surface area contributed by atoms with Crippen LogP contribution in [0.25, 0.3) is 0 Å². The molecule has 3 rings (SSSR count). The van der Waals surface area contributed by atoms with Gasteiger partial charge in [-0.2, -0.15) is 0 Å². The van der Waals surface area contributed by atoms with Gasteiger partial charge in [-0.05, 0) is 45.4 Å². The van der Waals surface area contributed by atoms with Crippen LogP contribution < -0.4 is 10.6 Å². The van der Waals surface area contributed by atoms with E-state index < -0.39 is 0 Å². The van der Waals surface area contributed by atoms with Crippen LogP contribution in [0.3, 0.4) is 0 Å². The first-order valence-corrected chi connectivity index (χ1v) is 9.14. The van der Waals surface area contributed by atoms with E-state index in [4.69, 9.17) is 4.52 Å². The molecule has 1 fully saturated rings. The molecule has 26 heavy (non-hydrogen) atoms. The lowest BCUT2D eigenvalue weighted by Crippen LogP contribution is -2.46. The second-order valence-electron chi connectivity index (χ2n) is 6.12. The lowest BCUT2D eigenvalue weighted by Gasteiger charge is -2.28. The monoisotopic (exact) mass is 418 g/mol. The number of nitrogens with one attached hydrogen (secondary N) is 2. The number of halogens is 2. The van der Waals surface area contributed by atoms with Crippen molar-refractivity contribution in [2.75, 3.05) is 6.54 Å². The van der Waals surface area contributed by atoms with Crippen molar-refractivity contribution in [1.82, 2.24) is 20.8 Å². The molecule has 0 spiro atoms. The molecule has 3 heterocycles. The summed E-state index contributed by atoms with van der Waals surface area (Å²) in [7, 11) is 0. The number of aryl methyl sites for hydroxylation is 1. The van der Waals surface area contributed by atoms with Gasteiger partial charge < -0.3 is 15.2 Å². The Hall–Kier alpha value is -1.28. The van der Waals surface area contributed by atoms with Gasteiger partial charge in [-0.15, -0.1) is 24.8 Å². The molecule has 1 amide bonds. The zero-order chi connectivity index (χ0) is 16.9. The molecule has 6 nitrogen and oxygen atoms in total. The van der Waals surface area contributed by atoms with Crippen molar-refractivity contribution in [2.45, 2.75) is 49.6 Å². The number of carbonyl (C=O) groups is 1. The first-order chi connectivity index (χ1) is 11.6. The smallest absolute Gasteiger partial charge is 0.254 e. The Morgan fingerprint density at radius 1 is 1.46 bits per heavy atom. The van der Waals surface area contributed by atoms with Crippen LogP contribution in [0.5, 0.6) is 0 Å². The van der Waals surface area contributed by atoms with E-state index in [1.54, 1.807) is 12.3 Å². The molecule has 0 aromatic carbocycles. The van der Waals surface area contributed by atoms with E-state index >= 15 is 0 Å². The molecule has 2 aromatic rings. The summed E-state index contributed by atoms with van der Waals surface area (Å²) in [6.45, 7) is 4.94. The van der Waals surface area contributed by atoms with Gasteiger partial charge in [0.2, 0.25) is 0 Å². The van der Waals surface area contributed by atoms with E-state index in [0.29, 0.717) is 17.4 Å². The summed E-state index contributed by atoms with van der Waals surface area (Å²) in [6, 6.07) is 6.16. The van der Waals surface area contributed by atoms with E-state index in [-0.39, 0.29) is 36.8 Å². The highest BCUT2D eigenvalue weighted by Crippen LogP contribution is 2.24. The molecule has 1 aliphatic rings. The molecular formula is C17H24Cl2N4O2S. The van der Waals surface area contributed by atoms with Gasteiger partial charge in [0.25, 0.3) is 5.91 Å². The van der Waals surface area contributed by atoms with Gasteiger partial charge >= 0.3 is 0 Å². The number of hydrogen-bond donors (Lipinski definition) is 2. The first-order valence-electron chi connectivity index (χ1n) is 8.16. The van der Waals surface area contributed by atoms with Crippen LogP contribution in [0, 0.1) is 6.92 Å². The average molecular weight is 419 g/mol. The molecule has 0 aliphatic carbocycles. The number of nitrogens with zero attached hydrogens (tertiary/aromatic N) is 2. The van der Waals surface area contributed by atoms with Gasteiger partial charge in [-0.1, -0.05) is 16.9 Å². The number of pyridine rings is 1. The second-order valence-corrected chi connectivity index (χ2v) is 7.09. The highest BCUT2D eigenvalue weighted by Gasteiger charge is 2.22. The van der Waals surface area contributed by atoms with Gasteiger partial charge in [0.15, 0.2) is 0 Å². The third kappa shape index (κ3) is 6.16. The van der Waals surface area contributed by atoms with Crippen LogP contribution in [0.15, 0.2) is 33.9 Å². The molecule has 2 N–H and O–H groups in total. The van der Waals surface area contributed by atoms with Crippen LogP contribution in [-0.2, 0) is 5.75 Å². The average Bonchev–Trinajstić information content (AvgIpc) is 2.99. The Morgan fingerprint density at radius 3 is 2.96 bits per heavy atom. The molecule has 144 valence electrons. The van der Waals surface area contributed by atoms with Crippen molar-refractivity contribution in [3.05, 3.63) is 41.4 Å². The Kier molecular flexibility index (Phi) is 9.43. The topological polar surface area (TPSA) is 80.0 Å². The maximum absolute atomic E-state index is 12.6. The van der Waals surface area contributed by atoms with Crippen molar-refractivity contribution in [2.24, 2.45) is 0 Å². The Morgan fingerprint density at radius 2 is 2.27 bits per heavy atom. The molecule has 2 atom stereocenters. The van der Waals surface area contributed by atoms with E-state index in [1.165, 1.54) is 11.8 Å². The predicted octanol–water partition coefficient (Wildman–Crippen LogP) is 3.38. The summed E-state index contributed by atoms with van der Waals surface area (Å²) < 4.78 is 5.07. The van der Waals surface area contributed by atoms with Crippen molar-refractivity contribution < 1.29 is 9.32 Å². The maximum Gasteiger partial charge on any atom is 0.254 e. The largest absolute Gasteiger partial charge is 0.361 e. The van der Waals surface area contributed by atoms with E-state index in [2.05, 4.69) is 27.7 Å². The van der Waals surface area contributed by atoms with Gasteiger partial charge in [0.05, 0.1) is 11.3 Å². The molecule has 2 aromatic heterocycles. The number of hydrogen-bond acceptors (Lipinski definition) is 6. The first kappa shape index (κ1) is 22.8. The summed E-state index contributed by atoms with van der Waals surface area (Å²) in [4.78, 5) is 17.0. The van der Waals surface area contributed by atoms with Crippen LogP contribution in [0.4, 0.5) is 0 Å². The highest BCUT2D eigenvalue weighted by atomic mass is 35.5. The predicted molar refractivity (Wildman–Crippen MR) is 107 cm³/mol. The van der Waals surface area contributed by atoms with Crippen LogP contribution in [-0.4, -0.2) is 34.7 Å². The van der Waals surface area contributed by atoms with Crippen molar-refractivity contribution in [3.8, 4) is 0 Å². The second kappa shape index (κ2) is 10.8. The van der Waals surface area contributed by atoms with Gasteiger partial charge in [-0.25, -0.2) is 4.98 Å². The Labute approximate surface area is 170 Å². The summed E-state index contributed by atoms with van der Waals surface area (Å²) in [5.74, 6) is 1.35. The van der Waals surface area contributed by atoms with Crippen molar-refractivity contribution in [1.29, 1.82) is 0 Å². The number of carbonyl (C=O) groups excluding carboxylic acids is 1. The quantitative estimate of drug-likeness (QED) is 0.724. The highest BCUT2D eigenvalue weighted by molar-refractivity contribution is 7.98. The standard InChI is InChI=1S/C17H22N4O2S.2ClH/c1-11-8-13(5-7-18-11)20-16(22)15-4-3-6-19-17(15)24-10-14-9-12(2)23-21-14;;/h3-4,6,9,11,13,18H,5,7-8,10H2,1-2H3,(H,20,22);2*1H. The number of amides is 1. The summed E-state index contributed by atoms with van der Waals surface area (Å²) in [5, 5.41) is 11.2. The van der Waals surface area contributed by atoms with Crippen molar-refractivity contribution in [3.63, 3.8) is 0 Å².